The molecule has 3 rings (SSSR count). The SMILES string of the molecule is Cc1cncc(C(=O)N2C[C@@H](O)C[C@H]2c2ccccc2C(F)(F)F)c1. The van der Waals surface area contributed by atoms with Crippen molar-refractivity contribution in [2.24, 2.45) is 0 Å². The van der Waals surface area contributed by atoms with E-state index in [9.17, 15) is 23.1 Å². The van der Waals surface area contributed by atoms with Gasteiger partial charge in [0.05, 0.1) is 23.3 Å². The molecule has 0 spiro atoms. The number of β-amino-alcohol motifs (C(OH)–C–C–N with tert-alkyl or cyclic N) is 1. The number of alkyl halides is 3. The van der Waals surface area contributed by atoms with E-state index in [1.807, 2.05) is 0 Å². The molecule has 1 amide bonds. The minimum Gasteiger partial charge on any atom is -0.391 e. The molecule has 0 unspecified atom stereocenters. The second-order valence-corrected chi connectivity index (χ2v) is 6.20. The fraction of sp³-hybridized carbons (Fsp3) is 0.333. The Morgan fingerprint density at radius 2 is 2.00 bits per heavy atom. The Labute approximate surface area is 142 Å². The highest BCUT2D eigenvalue weighted by atomic mass is 19.4. The lowest BCUT2D eigenvalue weighted by Crippen LogP contribution is -2.32. The van der Waals surface area contributed by atoms with Gasteiger partial charge in [0.15, 0.2) is 0 Å². The van der Waals surface area contributed by atoms with Crippen molar-refractivity contribution >= 4 is 5.91 Å². The van der Waals surface area contributed by atoms with Crippen molar-refractivity contribution < 1.29 is 23.1 Å². The van der Waals surface area contributed by atoms with E-state index < -0.39 is 29.8 Å². The summed E-state index contributed by atoms with van der Waals surface area (Å²) in [5, 5.41) is 9.98. The summed E-state index contributed by atoms with van der Waals surface area (Å²) in [5.74, 6) is -0.435. The van der Waals surface area contributed by atoms with Gasteiger partial charge in [-0.2, -0.15) is 13.2 Å². The number of rotatable bonds is 2. The number of hydrogen-bond donors (Lipinski definition) is 1. The fourth-order valence-corrected chi connectivity index (χ4v) is 3.22. The average molecular weight is 350 g/mol. The van der Waals surface area contributed by atoms with Crippen molar-refractivity contribution in [1.29, 1.82) is 0 Å². The first-order valence-electron chi connectivity index (χ1n) is 7.84. The lowest BCUT2D eigenvalue weighted by atomic mass is 9.97. The number of halogens is 3. The Morgan fingerprint density at radius 3 is 2.68 bits per heavy atom. The number of nitrogens with zero attached hydrogens (tertiary/aromatic N) is 2. The highest BCUT2D eigenvalue weighted by Gasteiger charge is 2.41. The van der Waals surface area contributed by atoms with E-state index in [0.717, 1.165) is 11.6 Å². The number of aryl methyl sites for hydroxylation is 1. The molecule has 0 bridgehead atoms. The molecular formula is C18H17F3N2O2. The molecule has 2 atom stereocenters. The summed E-state index contributed by atoms with van der Waals surface area (Å²) in [6.45, 7) is 1.77. The van der Waals surface area contributed by atoms with Gasteiger partial charge < -0.3 is 10.0 Å². The first kappa shape index (κ1) is 17.4. The van der Waals surface area contributed by atoms with Crippen molar-refractivity contribution in [1.82, 2.24) is 9.88 Å². The zero-order valence-electron chi connectivity index (χ0n) is 13.5. The maximum Gasteiger partial charge on any atom is 0.416 e. The number of aliphatic hydroxyl groups excluding tert-OH is 1. The van der Waals surface area contributed by atoms with Gasteiger partial charge in [-0.3, -0.25) is 9.78 Å². The van der Waals surface area contributed by atoms with E-state index in [-0.39, 0.29) is 18.5 Å². The van der Waals surface area contributed by atoms with Gasteiger partial charge >= 0.3 is 6.18 Å². The zero-order valence-corrected chi connectivity index (χ0v) is 13.5. The van der Waals surface area contributed by atoms with E-state index in [2.05, 4.69) is 4.98 Å². The molecule has 1 aromatic carbocycles. The van der Waals surface area contributed by atoms with Crippen LogP contribution in [0.3, 0.4) is 0 Å². The molecule has 0 aliphatic carbocycles. The highest BCUT2D eigenvalue weighted by Crippen LogP contribution is 2.40. The minimum atomic E-state index is -4.52. The van der Waals surface area contributed by atoms with Crippen LogP contribution >= 0.6 is 0 Å². The number of carbonyl (C=O) groups is 1. The summed E-state index contributed by atoms with van der Waals surface area (Å²) in [4.78, 5) is 18.0. The van der Waals surface area contributed by atoms with E-state index in [0.29, 0.717) is 5.56 Å². The van der Waals surface area contributed by atoms with Gasteiger partial charge in [-0.15, -0.1) is 0 Å². The molecule has 4 nitrogen and oxygen atoms in total. The van der Waals surface area contributed by atoms with Crippen LogP contribution < -0.4 is 0 Å². The number of aromatic nitrogens is 1. The first-order valence-corrected chi connectivity index (χ1v) is 7.84. The van der Waals surface area contributed by atoms with Crippen LogP contribution in [0.25, 0.3) is 0 Å². The molecule has 1 fully saturated rings. The monoisotopic (exact) mass is 350 g/mol. The summed E-state index contributed by atoms with van der Waals surface area (Å²) in [6.07, 6.45) is -2.35. The fourth-order valence-electron chi connectivity index (χ4n) is 3.22. The molecule has 1 N–H and O–H groups in total. The van der Waals surface area contributed by atoms with Gasteiger partial charge in [0.1, 0.15) is 0 Å². The number of benzene rings is 1. The minimum absolute atomic E-state index is 0.000474. The molecule has 1 aromatic heterocycles. The van der Waals surface area contributed by atoms with E-state index in [1.165, 1.54) is 29.3 Å². The third kappa shape index (κ3) is 3.51. The van der Waals surface area contributed by atoms with Gasteiger partial charge in [-0.1, -0.05) is 18.2 Å². The summed E-state index contributed by atoms with van der Waals surface area (Å²) in [5.41, 5.74) is 0.288. The van der Waals surface area contributed by atoms with Crippen LogP contribution in [0.5, 0.6) is 0 Å². The molecule has 1 saturated heterocycles. The Kier molecular flexibility index (Phi) is 4.51. The molecule has 7 heteroatoms. The quantitative estimate of drug-likeness (QED) is 0.904. The van der Waals surface area contributed by atoms with Crippen molar-refractivity contribution in [3.63, 3.8) is 0 Å². The molecule has 132 valence electrons. The number of likely N-dealkylation sites (tertiary alicyclic amines) is 1. The topological polar surface area (TPSA) is 53.4 Å². The highest BCUT2D eigenvalue weighted by molar-refractivity contribution is 5.94. The Balaban J connectivity index is 2.00. The zero-order chi connectivity index (χ0) is 18.2. The molecule has 0 saturated carbocycles. The average Bonchev–Trinajstić information content (AvgIpc) is 2.95. The predicted molar refractivity (Wildman–Crippen MR) is 84.8 cm³/mol. The third-order valence-electron chi connectivity index (χ3n) is 4.29. The summed E-state index contributed by atoms with van der Waals surface area (Å²) >= 11 is 0. The normalized spacial score (nSPS) is 20.8. The smallest absolute Gasteiger partial charge is 0.391 e. The van der Waals surface area contributed by atoms with Gasteiger partial charge in [-0.05, 0) is 36.6 Å². The Hall–Kier alpha value is -2.41. The van der Waals surface area contributed by atoms with E-state index >= 15 is 0 Å². The van der Waals surface area contributed by atoms with Crippen molar-refractivity contribution in [2.75, 3.05) is 6.54 Å². The van der Waals surface area contributed by atoms with Crippen molar-refractivity contribution in [3.05, 3.63) is 65.0 Å². The largest absolute Gasteiger partial charge is 0.416 e. The molecule has 1 aliphatic heterocycles. The van der Waals surface area contributed by atoms with Gasteiger partial charge in [0.2, 0.25) is 0 Å². The van der Waals surface area contributed by atoms with Crippen molar-refractivity contribution in [2.45, 2.75) is 31.7 Å². The lowest BCUT2D eigenvalue weighted by molar-refractivity contribution is -0.138. The number of amides is 1. The Morgan fingerprint density at radius 1 is 1.28 bits per heavy atom. The van der Waals surface area contributed by atoms with E-state index in [1.54, 1.807) is 19.2 Å². The number of hydrogen-bond acceptors (Lipinski definition) is 3. The van der Waals surface area contributed by atoms with Crippen molar-refractivity contribution in [3.8, 4) is 0 Å². The van der Waals surface area contributed by atoms with Crippen LogP contribution in [0.15, 0.2) is 42.7 Å². The number of carbonyl (C=O) groups excluding carboxylic acids is 1. The molecule has 1 aliphatic rings. The van der Waals surface area contributed by atoms with Gasteiger partial charge in [-0.25, -0.2) is 0 Å². The Bertz CT molecular complexity index is 792. The van der Waals surface area contributed by atoms with Crippen LogP contribution in [-0.2, 0) is 6.18 Å². The lowest BCUT2D eigenvalue weighted by Gasteiger charge is -2.27. The van der Waals surface area contributed by atoms with Crippen LogP contribution in [0.4, 0.5) is 13.2 Å². The number of aliphatic hydroxyl groups is 1. The second-order valence-electron chi connectivity index (χ2n) is 6.20. The molecule has 2 aromatic rings. The van der Waals surface area contributed by atoms with Gasteiger partial charge in [0.25, 0.3) is 5.91 Å². The maximum absolute atomic E-state index is 13.3. The summed E-state index contributed by atoms with van der Waals surface area (Å²) < 4.78 is 40.0. The van der Waals surface area contributed by atoms with Crippen LogP contribution in [-0.4, -0.2) is 33.5 Å². The third-order valence-corrected chi connectivity index (χ3v) is 4.29. The standard InChI is InChI=1S/C18H17F3N2O2/c1-11-6-12(9-22-8-11)17(25)23-10-13(24)7-16(23)14-4-2-3-5-15(14)18(19,20)21/h2-6,8-9,13,16,24H,7,10H2,1H3/t13-,16-/m0/s1. The predicted octanol–water partition coefficient (Wildman–Crippen LogP) is 3.36. The van der Waals surface area contributed by atoms with Crippen LogP contribution in [0.1, 0.15) is 39.5 Å². The van der Waals surface area contributed by atoms with Crippen LogP contribution in [0, 0.1) is 6.92 Å². The van der Waals surface area contributed by atoms with Gasteiger partial charge in [0, 0.05) is 18.9 Å². The second kappa shape index (κ2) is 6.48. The molecular weight excluding hydrogens is 333 g/mol. The maximum atomic E-state index is 13.3. The molecule has 25 heavy (non-hydrogen) atoms. The number of pyridine rings is 1. The molecule has 0 radical (unpaired) electrons. The first-order chi connectivity index (χ1) is 11.8. The summed E-state index contributed by atoms with van der Waals surface area (Å²) in [6, 6.07) is 5.98. The molecule has 2 heterocycles. The van der Waals surface area contributed by atoms with E-state index in [4.69, 9.17) is 0 Å². The summed E-state index contributed by atoms with van der Waals surface area (Å²) in [7, 11) is 0. The van der Waals surface area contributed by atoms with Crippen LogP contribution in [0.2, 0.25) is 0 Å².